The van der Waals surface area contributed by atoms with Crippen molar-refractivity contribution in [2.24, 2.45) is 0 Å². The first kappa shape index (κ1) is 19.1. The lowest BCUT2D eigenvalue weighted by Crippen LogP contribution is -2.41. The van der Waals surface area contributed by atoms with Crippen LogP contribution in [0.25, 0.3) is 0 Å². The highest BCUT2D eigenvalue weighted by Gasteiger charge is 2.37. The molecule has 0 aromatic heterocycles. The van der Waals surface area contributed by atoms with Crippen LogP contribution < -0.4 is 0 Å². The Morgan fingerprint density at radius 3 is 2.55 bits per heavy atom. The second-order valence-corrected chi connectivity index (χ2v) is 11.9. The minimum Gasteiger partial charge on any atom is -0.432 e. The lowest BCUT2D eigenvalue weighted by Gasteiger charge is -2.36. The first-order valence-electron chi connectivity index (χ1n) is 7.71. The lowest BCUT2D eigenvalue weighted by molar-refractivity contribution is -0.180. The van der Waals surface area contributed by atoms with Gasteiger partial charge in [0.05, 0.1) is 0 Å². The third kappa shape index (κ3) is 5.66. The van der Waals surface area contributed by atoms with E-state index in [1.165, 1.54) is 19.1 Å². The Kier molecular flexibility index (Phi) is 6.52. The van der Waals surface area contributed by atoms with Crippen LogP contribution in [-0.2, 0) is 23.5 Å². The monoisotopic (exact) mass is 328 g/mol. The van der Waals surface area contributed by atoms with E-state index in [1.54, 1.807) is 0 Å². The highest BCUT2D eigenvalue weighted by Crippen LogP contribution is 2.36. The molecule has 0 spiro atoms. The van der Waals surface area contributed by atoms with Gasteiger partial charge in [-0.2, -0.15) is 0 Å². The third-order valence-electron chi connectivity index (χ3n) is 4.20. The molecule has 0 aliphatic carbocycles. The van der Waals surface area contributed by atoms with Gasteiger partial charge in [0.2, 0.25) is 6.29 Å². The molecule has 1 heterocycles. The van der Waals surface area contributed by atoms with Crippen LogP contribution in [0.5, 0.6) is 0 Å². The summed E-state index contributed by atoms with van der Waals surface area (Å²) >= 11 is 0. The van der Waals surface area contributed by atoms with Crippen LogP contribution in [0.15, 0.2) is 12.2 Å². The van der Waals surface area contributed by atoms with Gasteiger partial charge in [0.25, 0.3) is 0 Å². The van der Waals surface area contributed by atoms with Crippen molar-refractivity contribution >= 4 is 20.1 Å². The molecule has 0 N–H and O–H groups in total. The molecule has 1 aliphatic rings. The molecule has 0 saturated carbocycles. The van der Waals surface area contributed by atoms with Crippen LogP contribution in [-0.4, -0.2) is 39.1 Å². The number of rotatable bonds is 6. The summed E-state index contributed by atoms with van der Waals surface area (Å²) in [5, 5.41) is 0.174. The predicted octanol–water partition coefficient (Wildman–Crippen LogP) is 3.20. The maximum Gasteiger partial charge on any atom is 0.305 e. The van der Waals surface area contributed by atoms with Crippen molar-refractivity contribution < 1.29 is 23.5 Å². The second-order valence-electron chi connectivity index (χ2n) is 7.12. The van der Waals surface area contributed by atoms with E-state index < -0.39 is 26.7 Å². The fourth-order valence-electron chi connectivity index (χ4n) is 1.81. The number of carbonyl (C=O) groups is 2. The molecule has 0 saturated heterocycles. The van der Waals surface area contributed by atoms with Gasteiger partial charge in [0.1, 0.15) is 6.10 Å². The number of esters is 1. The Balaban J connectivity index is 2.40. The SMILES string of the molecule is CC(=O)OC1C=CC(=O)C(CCCO[Si](C)(C)C(C)(C)C)O1. The number of ether oxygens (including phenoxy) is 2. The standard InChI is InChI=1S/C16H28O5Si/c1-12(17)20-15-10-9-13(18)14(21-15)8-7-11-19-22(5,6)16(2,3)4/h9-10,14-15H,7-8,11H2,1-6H3. The molecule has 5 nitrogen and oxygen atoms in total. The molecule has 2 unspecified atom stereocenters. The van der Waals surface area contributed by atoms with Gasteiger partial charge in [0, 0.05) is 13.5 Å². The van der Waals surface area contributed by atoms with E-state index in [0.29, 0.717) is 13.0 Å². The average Bonchev–Trinajstić information content (AvgIpc) is 2.36. The fraction of sp³-hybridized carbons (Fsp3) is 0.750. The molecule has 1 aliphatic heterocycles. The highest BCUT2D eigenvalue weighted by molar-refractivity contribution is 6.74. The number of carbonyl (C=O) groups excluding carboxylic acids is 2. The normalized spacial score (nSPS) is 22.7. The molecule has 22 heavy (non-hydrogen) atoms. The summed E-state index contributed by atoms with van der Waals surface area (Å²) in [6.45, 7) is 12.9. The van der Waals surface area contributed by atoms with E-state index in [2.05, 4.69) is 33.9 Å². The summed E-state index contributed by atoms with van der Waals surface area (Å²) in [7, 11) is -1.75. The van der Waals surface area contributed by atoms with E-state index in [4.69, 9.17) is 13.9 Å². The van der Waals surface area contributed by atoms with Gasteiger partial charge in [-0.05, 0) is 43.1 Å². The molecule has 126 valence electrons. The number of ketones is 1. The zero-order valence-corrected chi connectivity index (χ0v) is 15.5. The number of hydrogen-bond acceptors (Lipinski definition) is 5. The zero-order valence-electron chi connectivity index (χ0n) is 14.5. The van der Waals surface area contributed by atoms with Crippen molar-refractivity contribution in [1.82, 2.24) is 0 Å². The van der Waals surface area contributed by atoms with E-state index in [9.17, 15) is 9.59 Å². The summed E-state index contributed by atoms with van der Waals surface area (Å²) in [4.78, 5) is 22.7. The molecule has 0 radical (unpaired) electrons. The largest absolute Gasteiger partial charge is 0.432 e. The van der Waals surface area contributed by atoms with E-state index in [-0.39, 0.29) is 10.8 Å². The highest BCUT2D eigenvalue weighted by atomic mass is 28.4. The zero-order chi connectivity index (χ0) is 17.0. The minimum absolute atomic E-state index is 0.0873. The van der Waals surface area contributed by atoms with Gasteiger partial charge in [-0.25, -0.2) is 0 Å². The van der Waals surface area contributed by atoms with Gasteiger partial charge in [0.15, 0.2) is 14.1 Å². The Bertz CT molecular complexity index is 436. The van der Waals surface area contributed by atoms with Crippen LogP contribution in [0.4, 0.5) is 0 Å². The molecule has 2 atom stereocenters. The molecular formula is C16H28O5Si. The second kappa shape index (κ2) is 7.52. The van der Waals surface area contributed by atoms with Crippen LogP contribution in [0.3, 0.4) is 0 Å². The Morgan fingerprint density at radius 1 is 1.36 bits per heavy atom. The van der Waals surface area contributed by atoms with Gasteiger partial charge < -0.3 is 13.9 Å². The van der Waals surface area contributed by atoms with Crippen LogP contribution in [0.2, 0.25) is 18.1 Å². The topological polar surface area (TPSA) is 61.8 Å². The molecular weight excluding hydrogens is 300 g/mol. The van der Waals surface area contributed by atoms with Gasteiger partial charge in [-0.15, -0.1) is 0 Å². The Labute approximate surface area is 134 Å². The van der Waals surface area contributed by atoms with Crippen molar-refractivity contribution in [1.29, 1.82) is 0 Å². The maximum atomic E-state index is 11.8. The fourth-order valence-corrected chi connectivity index (χ4v) is 2.90. The molecule has 6 heteroatoms. The molecule has 0 aromatic carbocycles. The molecule has 1 rings (SSSR count). The lowest BCUT2D eigenvalue weighted by atomic mass is 10.1. The van der Waals surface area contributed by atoms with Crippen molar-refractivity contribution in [2.45, 2.75) is 71.1 Å². The van der Waals surface area contributed by atoms with Crippen LogP contribution in [0.1, 0.15) is 40.5 Å². The third-order valence-corrected chi connectivity index (χ3v) is 8.73. The predicted molar refractivity (Wildman–Crippen MR) is 87.0 cm³/mol. The van der Waals surface area contributed by atoms with Gasteiger partial charge >= 0.3 is 5.97 Å². The Morgan fingerprint density at radius 2 is 2.00 bits per heavy atom. The summed E-state index contributed by atoms with van der Waals surface area (Å²) in [6, 6.07) is 0. The van der Waals surface area contributed by atoms with Crippen LogP contribution >= 0.6 is 0 Å². The van der Waals surface area contributed by atoms with E-state index in [1.807, 2.05) is 0 Å². The first-order chi connectivity index (χ1) is 10.0. The van der Waals surface area contributed by atoms with Gasteiger partial charge in [-0.3, -0.25) is 9.59 Å². The van der Waals surface area contributed by atoms with E-state index >= 15 is 0 Å². The van der Waals surface area contributed by atoms with E-state index in [0.717, 1.165) is 6.42 Å². The average molecular weight is 328 g/mol. The summed E-state index contributed by atoms with van der Waals surface area (Å²) in [5.74, 6) is -0.514. The number of hydrogen-bond donors (Lipinski definition) is 0. The van der Waals surface area contributed by atoms with Crippen LogP contribution in [0, 0.1) is 0 Å². The Hall–Kier alpha value is -0.983. The maximum absolute atomic E-state index is 11.8. The molecule has 0 amide bonds. The summed E-state index contributed by atoms with van der Waals surface area (Å²) in [6.07, 6.45) is 2.88. The molecule has 0 fully saturated rings. The molecule has 0 aromatic rings. The first-order valence-corrected chi connectivity index (χ1v) is 10.6. The van der Waals surface area contributed by atoms with Crippen molar-refractivity contribution in [2.75, 3.05) is 6.61 Å². The summed E-state index contributed by atoms with van der Waals surface area (Å²) < 4.78 is 16.5. The van der Waals surface area contributed by atoms with Crippen molar-refractivity contribution in [3.05, 3.63) is 12.2 Å². The summed E-state index contributed by atoms with van der Waals surface area (Å²) in [5.41, 5.74) is 0. The van der Waals surface area contributed by atoms with Gasteiger partial charge in [-0.1, -0.05) is 20.8 Å². The molecule has 0 bridgehead atoms. The smallest absolute Gasteiger partial charge is 0.305 e. The van der Waals surface area contributed by atoms with Crippen molar-refractivity contribution in [3.63, 3.8) is 0 Å². The van der Waals surface area contributed by atoms with Crippen molar-refractivity contribution in [3.8, 4) is 0 Å². The quantitative estimate of drug-likeness (QED) is 0.426. The minimum atomic E-state index is -1.75.